The first kappa shape index (κ1) is 15.9. The molecule has 116 valence electrons. The molecule has 2 N–H and O–H groups in total. The van der Waals surface area contributed by atoms with Gasteiger partial charge in [-0.2, -0.15) is 0 Å². The van der Waals surface area contributed by atoms with Crippen molar-refractivity contribution in [3.05, 3.63) is 22.5 Å². The topological polar surface area (TPSA) is 67.7 Å². The van der Waals surface area contributed by atoms with E-state index in [4.69, 9.17) is 4.74 Å². The molecule has 0 saturated carbocycles. The third-order valence-corrected chi connectivity index (χ3v) is 4.09. The van der Waals surface area contributed by atoms with Gasteiger partial charge in [-0.15, -0.1) is 11.3 Å². The molecule has 0 radical (unpaired) electrons. The van der Waals surface area contributed by atoms with Gasteiger partial charge in [0.2, 0.25) is 5.91 Å². The largest absolute Gasteiger partial charge is 0.383 e. The number of amides is 1. The summed E-state index contributed by atoms with van der Waals surface area (Å²) in [5.41, 5.74) is 2.20. The van der Waals surface area contributed by atoms with Crippen LogP contribution in [0.3, 0.4) is 0 Å². The van der Waals surface area contributed by atoms with Gasteiger partial charge in [-0.25, -0.2) is 4.98 Å². The Morgan fingerprint density at radius 3 is 3.00 bits per heavy atom. The number of rotatable bonds is 8. The number of fused-ring (bicyclic) bond motifs is 1. The van der Waals surface area contributed by atoms with Crippen molar-refractivity contribution in [2.45, 2.75) is 26.8 Å². The van der Waals surface area contributed by atoms with E-state index in [1.54, 1.807) is 18.4 Å². The summed E-state index contributed by atoms with van der Waals surface area (Å²) in [7, 11) is 1.62. The van der Waals surface area contributed by atoms with Gasteiger partial charge in [-0.05, 0) is 13.8 Å². The van der Waals surface area contributed by atoms with Crippen LogP contribution in [0.4, 0.5) is 0 Å². The van der Waals surface area contributed by atoms with Gasteiger partial charge in [0.05, 0.1) is 18.0 Å². The van der Waals surface area contributed by atoms with Gasteiger partial charge in [0.25, 0.3) is 0 Å². The van der Waals surface area contributed by atoms with Crippen LogP contribution in [0.15, 0.2) is 6.20 Å². The fourth-order valence-electron chi connectivity index (χ4n) is 2.11. The van der Waals surface area contributed by atoms with Gasteiger partial charge in [-0.3, -0.25) is 9.20 Å². The number of nitrogens with zero attached hydrogens (tertiary/aromatic N) is 2. The number of methoxy groups -OCH3 is 1. The van der Waals surface area contributed by atoms with Crippen LogP contribution >= 0.6 is 11.3 Å². The Hall–Kier alpha value is -1.44. The Labute approximate surface area is 128 Å². The standard InChI is InChI=1S/C14H22N4O2S/c1-10-9-18-12(11(2)17-14(18)21-10)8-15-5-4-13(19)16-6-7-20-3/h9,15H,4-8H2,1-3H3,(H,16,19). The fourth-order valence-corrected chi connectivity index (χ4v) is 3.00. The van der Waals surface area contributed by atoms with Crippen LogP contribution < -0.4 is 10.6 Å². The van der Waals surface area contributed by atoms with E-state index in [-0.39, 0.29) is 5.91 Å². The minimum Gasteiger partial charge on any atom is -0.383 e. The van der Waals surface area contributed by atoms with Crippen molar-refractivity contribution in [2.75, 3.05) is 26.8 Å². The Morgan fingerprint density at radius 2 is 2.24 bits per heavy atom. The first-order valence-corrected chi connectivity index (χ1v) is 7.83. The molecule has 2 rings (SSSR count). The Bertz CT molecular complexity index is 605. The summed E-state index contributed by atoms with van der Waals surface area (Å²) in [4.78, 5) is 18.4. The molecule has 6 nitrogen and oxygen atoms in total. The maximum absolute atomic E-state index is 11.5. The Morgan fingerprint density at radius 1 is 1.43 bits per heavy atom. The molecule has 0 fully saturated rings. The number of hydrogen-bond donors (Lipinski definition) is 2. The van der Waals surface area contributed by atoms with Gasteiger partial charge in [-0.1, -0.05) is 0 Å². The summed E-state index contributed by atoms with van der Waals surface area (Å²) in [6.07, 6.45) is 2.57. The van der Waals surface area contributed by atoms with Gasteiger partial charge in [0.1, 0.15) is 0 Å². The molecule has 7 heteroatoms. The summed E-state index contributed by atoms with van der Waals surface area (Å²) < 4.78 is 7.01. The van der Waals surface area contributed by atoms with Crippen molar-refractivity contribution in [1.29, 1.82) is 0 Å². The third kappa shape index (κ3) is 4.26. The molecule has 0 aliphatic heterocycles. The molecule has 2 heterocycles. The predicted molar refractivity (Wildman–Crippen MR) is 83.8 cm³/mol. The van der Waals surface area contributed by atoms with Gasteiger partial charge in [0, 0.05) is 44.2 Å². The monoisotopic (exact) mass is 310 g/mol. The van der Waals surface area contributed by atoms with Crippen molar-refractivity contribution in [2.24, 2.45) is 0 Å². The number of carbonyl (C=O) groups is 1. The Balaban J connectivity index is 1.77. The van der Waals surface area contributed by atoms with E-state index in [9.17, 15) is 4.79 Å². The lowest BCUT2D eigenvalue weighted by molar-refractivity contribution is -0.121. The zero-order valence-corrected chi connectivity index (χ0v) is 13.5. The maximum atomic E-state index is 11.5. The number of imidazole rings is 1. The highest BCUT2D eigenvalue weighted by atomic mass is 32.1. The van der Waals surface area contributed by atoms with E-state index in [2.05, 4.69) is 33.1 Å². The zero-order valence-electron chi connectivity index (χ0n) is 12.7. The molecule has 2 aromatic heterocycles. The minimum atomic E-state index is 0.0427. The van der Waals surface area contributed by atoms with Crippen molar-refractivity contribution in [3.8, 4) is 0 Å². The molecule has 0 aliphatic rings. The van der Waals surface area contributed by atoms with Crippen LogP contribution in [0.1, 0.15) is 22.7 Å². The summed E-state index contributed by atoms with van der Waals surface area (Å²) in [5.74, 6) is 0.0427. The first-order chi connectivity index (χ1) is 10.1. The lowest BCUT2D eigenvalue weighted by atomic mass is 10.3. The predicted octanol–water partition coefficient (Wildman–Crippen LogP) is 1.25. The molecule has 0 unspecified atom stereocenters. The third-order valence-electron chi connectivity index (χ3n) is 3.19. The molecular formula is C14H22N4O2S. The molecule has 21 heavy (non-hydrogen) atoms. The van der Waals surface area contributed by atoms with E-state index in [0.29, 0.717) is 32.7 Å². The molecule has 0 spiro atoms. The minimum absolute atomic E-state index is 0.0427. The van der Waals surface area contributed by atoms with E-state index in [0.717, 1.165) is 16.3 Å². The smallest absolute Gasteiger partial charge is 0.221 e. The van der Waals surface area contributed by atoms with Crippen LogP contribution in [-0.4, -0.2) is 42.1 Å². The van der Waals surface area contributed by atoms with Crippen LogP contribution in [0.25, 0.3) is 4.96 Å². The SMILES string of the molecule is COCCNC(=O)CCNCc1c(C)nc2sc(C)cn12. The summed E-state index contributed by atoms with van der Waals surface area (Å²) in [6.45, 7) is 6.57. The molecular weight excluding hydrogens is 288 g/mol. The number of aryl methyl sites for hydroxylation is 2. The lowest BCUT2D eigenvalue weighted by Crippen LogP contribution is -2.30. The number of thiazole rings is 1. The highest BCUT2D eigenvalue weighted by Gasteiger charge is 2.10. The van der Waals surface area contributed by atoms with Crippen molar-refractivity contribution in [3.63, 3.8) is 0 Å². The van der Waals surface area contributed by atoms with E-state index < -0.39 is 0 Å². The zero-order chi connectivity index (χ0) is 15.2. The number of nitrogens with one attached hydrogen (secondary N) is 2. The summed E-state index contributed by atoms with van der Waals surface area (Å²) in [6, 6.07) is 0. The molecule has 0 aliphatic carbocycles. The molecule has 0 atom stereocenters. The molecule has 0 bridgehead atoms. The number of hydrogen-bond acceptors (Lipinski definition) is 5. The molecule has 1 amide bonds. The molecule has 0 aromatic carbocycles. The number of carbonyl (C=O) groups excluding carboxylic acids is 1. The van der Waals surface area contributed by atoms with Crippen LogP contribution in [0.5, 0.6) is 0 Å². The van der Waals surface area contributed by atoms with Crippen molar-refractivity contribution >= 4 is 22.2 Å². The second-order valence-electron chi connectivity index (χ2n) is 4.91. The van der Waals surface area contributed by atoms with Gasteiger partial charge in [0.15, 0.2) is 4.96 Å². The van der Waals surface area contributed by atoms with Crippen LogP contribution in [-0.2, 0) is 16.1 Å². The second-order valence-corrected chi connectivity index (χ2v) is 6.12. The average Bonchev–Trinajstić information content (AvgIpc) is 2.91. The summed E-state index contributed by atoms with van der Waals surface area (Å²) in [5, 5.41) is 6.10. The normalized spacial score (nSPS) is 11.2. The highest BCUT2D eigenvalue weighted by molar-refractivity contribution is 7.17. The summed E-state index contributed by atoms with van der Waals surface area (Å²) >= 11 is 1.69. The number of ether oxygens (including phenoxy) is 1. The maximum Gasteiger partial charge on any atom is 0.221 e. The van der Waals surface area contributed by atoms with E-state index in [1.165, 1.54) is 4.88 Å². The van der Waals surface area contributed by atoms with Crippen LogP contribution in [0.2, 0.25) is 0 Å². The molecule has 2 aromatic rings. The number of aromatic nitrogens is 2. The van der Waals surface area contributed by atoms with Crippen molar-refractivity contribution < 1.29 is 9.53 Å². The fraction of sp³-hybridized carbons (Fsp3) is 0.571. The van der Waals surface area contributed by atoms with E-state index >= 15 is 0 Å². The Kier molecular flexibility index (Phi) is 5.72. The van der Waals surface area contributed by atoms with E-state index in [1.807, 2.05) is 6.92 Å². The first-order valence-electron chi connectivity index (χ1n) is 7.02. The van der Waals surface area contributed by atoms with Gasteiger partial charge >= 0.3 is 0 Å². The average molecular weight is 310 g/mol. The molecule has 0 saturated heterocycles. The quantitative estimate of drug-likeness (QED) is 0.720. The van der Waals surface area contributed by atoms with Gasteiger partial charge < -0.3 is 15.4 Å². The lowest BCUT2D eigenvalue weighted by Gasteiger charge is -2.06. The van der Waals surface area contributed by atoms with Crippen molar-refractivity contribution in [1.82, 2.24) is 20.0 Å². The second kappa shape index (κ2) is 7.53. The van der Waals surface area contributed by atoms with Crippen LogP contribution in [0, 0.1) is 13.8 Å². The highest BCUT2D eigenvalue weighted by Crippen LogP contribution is 2.20.